The second kappa shape index (κ2) is 17.5. The van der Waals surface area contributed by atoms with Crippen LogP contribution in [-0.2, 0) is 24.4 Å². The number of pyridine rings is 1. The largest absolute Gasteiger partial charge is 0.493 e. The summed E-state index contributed by atoms with van der Waals surface area (Å²) in [5.41, 5.74) is 6.93. The average molecular weight is 713 g/mol. The monoisotopic (exact) mass is 712 g/mol. The third-order valence-electron chi connectivity index (χ3n) is 8.87. The summed E-state index contributed by atoms with van der Waals surface area (Å²) in [6.45, 7) is 8.83. The smallest absolute Gasteiger partial charge is 0.246 e. The fraction of sp³-hybridized carbons (Fsp3) is 0.233. The SMILES string of the molecule is Cc1ccc(OCCc2ccc(CN3CCN(C(=O)C=Cc4cc(C)c(Oc5ccc(OCc6ccc(C#N)cc6)cn5)c(Cl)c4)CC3)cc2)cc1. The van der Waals surface area contributed by atoms with Gasteiger partial charge in [0.25, 0.3) is 0 Å². The third-order valence-corrected chi connectivity index (χ3v) is 9.15. The van der Waals surface area contributed by atoms with Gasteiger partial charge in [0, 0.05) is 51.3 Å². The van der Waals surface area contributed by atoms with Crippen LogP contribution in [0, 0.1) is 25.2 Å². The van der Waals surface area contributed by atoms with E-state index in [1.54, 1.807) is 48.7 Å². The van der Waals surface area contributed by atoms with Crippen LogP contribution >= 0.6 is 11.6 Å². The molecule has 2 heterocycles. The molecule has 0 N–H and O–H groups in total. The first-order chi connectivity index (χ1) is 25.3. The molecule has 8 nitrogen and oxygen atoms in total. The number of hydrogen-bond acceptors (Lipinski definition) is 7. The number of carbonyl (C=O) groups is 1. The lowest BCUT2D eigenvalue weighted by molar-refractivity contribution is -0.127. The molecule has 5 aromatic rings. The number of amides is 1. The van der Waals surface area contributed by atoms with Crippen LogP contribution in [0.25, 0.3) is 6.08 Å². The lowest BCUT2D eigenvalue weighted by atomic mass is 10.1. The Morgan fingerprint density at radius 1 is 0.846 bits per heavy atom. The van der Waals surface area contributed by atoms with Crippen LogP contribution in [0.1, 0.15) is 38.9 Å². The number of halogens is 1. The zero-order valence-electron chi connectivity index (χ0n) is 29.4. The Morgan fingerprint density at radius 3 is 2.21 bits per heavy atom. The molecule has 1 fully saturated rings. The lowest BCUT2D eigenvalue weighted by Gasteiger charge is -2.34. The number of aryl methyl sites for hydroxylation is 2. The summed E-state index contributed by atoms with van der Waals surface area (Å²) in [4.78, 5) is 21.7. The number of piperazine rings is 1. The Labute approximate surface area is 310 Å². The molecule has 0 unspecified atom stereocenters. The normalized spacial score (nSPS) is 13.2. The van der Waals surface area contributed by atoms with Crippen molar-refractivity contribution >= 4 is 23.6 Å². The topological polar surface area (TPSA) is 87.9 Å². The van der Waals surface area contributed by atoms with E-state index in [0.29, 0.717) is 54.3 Å². The highest BCUT2D eigenvalue weighted by atomic mass is 35.5. The van der Waals surface area contributed by atoms with Gasteiger partial charge in [-0.3, -0.25) is 9.69 Å². The zero-order chi connectivity index (χ0) is 36.3. The number of nitrogens with zero attached hydrogens (tertiary/aromatic N) is 4. The zero-order valence-corrected chi connectivity index (χ0v) is 30.2. The maximum Gasteiger partial charge on any atom is 0.246 e. The summed E-state index contributed by atoms with van der Waals surface area (Å²) in [6, 6.07) is 33.4. The van der Waals surface area contributed by atoms with Gasteiger partial charge in [0.2, 0.25) is 11.8 Å². The first-order valence-electron chi connectivity index (χ1n) is 17.3. The van der Waals surface area contributed by atoms with Gasteiger partial charge in [-0.15, -0.1) is 0 Å². The van der Waals surface area contributed by atoms with E-state index in [2.05, 4.69) is 59.3 Å². The van der Waals surface area contributed by atoms with Crippen molar-refractivity contribution in [1.82, 2.24) is 14.8 Å². The highest BCUT2D eigenvalue weighted by Gasteiger charge is 2.20. The molecule has 264 valence electrons. The summed E-state index contributed by atoms with van der Waals surface area (Å²) < 4.78 is 17.7. The number of rotatable bonds is 13. The number of ether oxygens (including phenoxy) is 3. The quantitative estimate of drug-likeness (QED) is 0.113. The molecule has 1 saturated heterocycles. The van der Waals surface area contributed by atoms with E-state index < -0.39 is 0 Å². The molecule has 0 aliphatic carbocycles. The second-order valence-corrected chi connectivity index (χ2v) is 13.3. The van der Waals surface area contributed by atoms with Gasteiger partial charge in [-0.25, -0.2) is 4.98 Å². The number of carbonyl (C=O) groups excluding carboxylic acids is 1. The Hall–Kier alpha value is -5.62. The summed E-state index contributed by atoms with van der Waals surface area (Å²) in [5.74, 6) is 2.36. The summed E-state index contributed by atoms with van der Waals surface area (Å²) >= 11 is 6.62. The average Bonchev–Trinajstić information content (AvgIpc) is 3.17. The van der Waals surface area contributed by atoms with Crippen molar-refractivity contribution in [3.05, 3.63) is 153 Å². The van der Waals surface area contributed by atoms with Crippen molar-refractivity contribution in [2.45, 2.75) is 33.4 Å². The van der Waals surface area contributed by atoms with Crippen LogP contribution in [0.3, 0.4) is 0 Å². The maximum atomic E-state index is 13.0. The van der Waals surface area contributed by atoms with Crippen LogP contribution in [0.4, 0.5) is 0 Å². The molecule has 0 saturated carbocycles. The van der Waals surface area contributed by atoms with E-state index in [9.17, 15) is 4.79 Å². The van der Waals surface area contributed by atoms with Gasteiger partial charge < -0.3 is 19.1 Å². The molecule has 1 aromatic heterocycles. The standard InChI is InChI=1S/C43H41ClN4O4/c1-31-3-14-38(15-4-31)50-24-19-33-5-9-35(10-6-33)29-47-20-22-48(23-21-47)42(49)18-13-37-25-32(2)43(40(44)26-37)52-41-17-16-39(28-46-41)51-30-36-11-7-34(27-45)8-12-36/h3-18,25-26,28H,19-24,29-30H2,1-2H3. The molecule has 0 spiro atoms. The number of aromatic nitrogens is 1. The molecular weight excluding hydrogens is 672 g/mol. The van der Waals surface area contributed by atoms with Crippen LogP contribution in [0.5, 0.6) is 23.1 Å². The minimum Gasteiger partial charge on any atom is -0.493 e. The van der Waals surface area contributed by atoms with E-state index in [1.807, 2.05) is 42.2 Å². The lowest BCUT2D eigenvalue weighted by Crippen LogP contribution is -2.47. The first kappa shape index (κ1) is 36.2. The van der Waals surface area contributed by atoms with Gasteiger partial charge in [-0.2, -0.15) is 5.26 Å². The van der Waals surface area contributed by atoms with Gasteiger partial charge in [0.1, 0.15) is 18.1 Å². The Kier molecular flexibility index (Phi) is 12.2. The van der Waals surface area contributed by atoms with Crippen molar-refractivity contribution < 1.29 is 19.0 Å². The van der Waals surface area contributed by atoms with Crippen molar-refractivity contribution in [3.8, 4) is 29.2 Å². The molecule has 6 rings (SSSR count). The Morgan fingerprint density at radius 2 is 1.54 bits per heavy atom. The van der Waals surface area contributed by atoms with Gasteiger partial charge in [-0.05, 0) is 90.2 Å². The van der Waals surface area contributed by atoms with Crippen molar-refractivity contribution in [1.29, 1.82) is 5.26 Å². The predicted molar refractivity (Wildman–Crippen MR) is 204 cm³/mol. The minimum absolute atomic E-state index is 0.0170. The molecule has 52 heavy (non-hydrogen) atoms. The van der Waals surface area contributed by atoms with E-state index >= 15 is 0 Å². The second-order valence-electron chi connectivity index (χ2n) is 12.8. The molecule has 0 atom stereocenters. The Bertz CT molecular complexity index is 1990. The molecule has 0 bridgehead atoms. The molecule has 1 aliphatic rings. The molecule has 1 amide bonds. The van der Waals surface area contributed by atoms with Crippen LogP contribution < -0.4 is 14.2 Å². The van der Waals surface area contributed by atoms with Gasteiger partial charge in [-0.1, -0.05) is 65.7 Å². The maximum absolute atomic E-state index is 13.0. The molecular formula is C43H41ClN4O4. The first-order valence-corrected chi connectivity index (χ1v) is 17.7. The van der Waals surface area contributed by atoms with Gasteiger partial charge in [0.15, 0.2) is 5.75 Å². The van der Waals surface area contributed by atoms with Gasteiger partial charge >= 0.3 is 0 Å². The third kappa shape index (κ3) is 10.2. The summed E-state index contributed by atoms with van der Waals surface area (Å²) in [6.07, 6.45) is 5.86. The highest BCUT2D eigenvalue weighted by molar-refractivity contribution is 6.32. The number of nitriles is 1. The van der Waals surface area contributed by atoms with Crippen LogP contribution in [0.2, 0.25) is 5.02 Å². The van der Waals surface area contributed by atoms with Crippen molar-refractivity contribution in [3.63, 3.8) is 0 Å². The van der Waals surface area contributed by atoms with Crippen LogP contribution in [-0.4, -0.2) is 53.5 Å². The number of hydrogen-bond donors (Lipinski definition) is 0. The molecule has 9 heteroatoms. The van der Waals surface area contributed by atoms with E-state index in [-0.39, 0.29) is 5.91 Å². The van der Waals surface area contributed by atoms with Gasteiger partial charge in [0.05, 0.1) is 29.5 Å². The molecule has 1 aliphatic heterocycles. The van der Waals surface area contributed by atoms with E-state index in [1.165, 1.54) is 16.7 Å². The predicted octanol–water partition coefficient (Wildman–Crippen LogP) is 8.57. The minimum atomic E-state index is -0.0170. The van der Waals surface area contributed by atoms with Crippen molar-refractivity contribution in [2.75, 3.05) is 32.8 Å². The fourth-order valence-corrected chi connectivity index (χ4v) is 6.15. The molecule has 4 aromatic carbocycles. The fourth-order valence-electron chi connectivity index (χ4n) is 5.83. The Balaban J connectivity index is 0.931. The highest BCUT2D eigenvalue weighted by Crippen LogP contribution is 2.34. The van der Waals surface area contributed by atoms with E-state index in [4.69, 9.17) is 31.1 Å². The van der Waals surface area contributed by atoms with E-state index in [0.717, 1.165) is 48.5 Å². The summed E-state index contributed by atoms with van der Waals surface area (Å²) in [5, 5.41) is 9.38. The van der Waals surface area contributed by atoms with Crippen LogP contribution in [0.15, 0.2) is 109 Å². The number of benzene rings is 4. The summed E-state index contributed by atoms with van der Waals surface area (Å²) in [7, 11) is 0. The van der Waals surface area contributed by atoms with Crippen molar-refractivity contribution in [2.24, 2.45) is 0 Å². The molecule has 0 radical (unpaired) electrons.